The zero-order chi connectivity index (χ0) is 14.5. The van der Waals surface area contributed by atoms with Crippen molar-refractivity contribution in [3.8, 4) is 0 Å². The summed E-state index contributed by atoms with van der Waals surface area (Å²) in [5, 5.41) is 14.1. The fourth-order valence-electron chi connectivity index (χ4n) is 1.85. The van der Waals surface area contributed by atoms with Gasteiger partial charge in [-0.25, -0.2) is 0 Å². The number of aryl methyl sites for hydroxylation is 1. The summed E-state index contributed by atoms with van der Waals surface area (Å²) in [7, 11) is 0. The van der Waals surface area contributed by atoms with Crippen molar-refractivity contribution in [2.24, 2.45) is 0 Å². The van der Waals surface area contributed by atoms with Crippen LogP contribution < -0.4 is 5.32 Å². The molecule has 0 saturated carbocycles. The van der Waals surface area contributed by atoms with Crippen molar-refractivity contribution >= 4 is 23.1 Å². The molecule has 0 radical (unpaired) electrons. The average Bonchev–Trinajstić information content (AvgIpc) is 2.83. The van der Waals surface area contributed by atoms with Gasteiger partial charge in [0.15, 0.2) is 0 Å². The van der Waals surface area contributed by atoms with Crippen molar-refractivity contribution in [2.75, 3.05) is 11.9 Å². The second kappa shape index (κ2) is 6.47. The van der Waals surface area contributed by atoms with Gasteiger partial charge in [0.1, 0.15) is 5.76 Å². The zero-order valence-electron chi connectivity index (χ0n) is 11.4. The minimum atomic E-state index is -0.368. The molecule has 0 atom stereocenters. The van der Waals surface area contributed by atoms with Gasteiger partial charge in [-0.3, -0.25) is 10.1 Å². The number of benzene rings is 1. The minimum Gasteiger partial charge on any atom is -0.468 e. The third-order valence-corrected chi connectivity index (χ3v) is 4.05. The molecule has 1 N–H and O–H groups in total. The van der Waals surface area contributed by atoms with E-state index in [0.717, 1.165) is 28.5 Å². The van der Waals surface area contributed by atoms with Crippen LogP contribution in [0.25, 0.3) is 0 Å². The van der Waals surface area contributed by atoms with Gasteiger partial charge in [-0.1, -0.05) is 0 Å². The number of rotatable bonds is 6. The van der Waals surface area contributed by atoms with Crippen LogP contribution in [-0.4, -0.2) is 11.5 Å². The Balaban J connectivity index is 2.21. The maximum absolute atomic E-state index is 10.9. The summed E-state index contributed by atoms with van der Waals surface area (Å²) >= 11 is 1.61. The van der Waals surface area contributed by atoms with E-state index >= 15 is 0 Å². The second-order valence-electron chi connectivity index (χ2n) is 4.26. The molecular weight excluding hydrogens is 276 g/mol. The fraction of sp³-hybridized carbons (Fsp3) is 0.286. The lowest BCUT2D eigenvalue weighted by atomic mass is 10.2. The summed E-state index contributed by atoms with van der Waals surface area (Å²) in [4.78, 5) is 11.6. The van der Waals surface area contributed by atoms with Crippen LogP contribution in [0.4, 0.5) is 11.4 Å². The van der Waals surface area contributed by atoms with Crippen LogP contribution in [0.3, 0.4) is 0 Å². The molecule has 0 aliphatic carbocycles. The topological polar surface area (TPSA) is 68.3 Å². The summed E-state index contributed by atoms with van der Waals surface area (Å²) < 4.78 is 5.25. The normalized spacial score (nSPS) is 10.5. The van der Waals surface area contributed by atoms with E-state index < -0.39 is 0 Å². The smallest absolute Gasteiger partial charge is 0.269 e. The Bertz CT molecular complexity index is 610. The van der Waals surface area contributed by atoms with Gasteiger partial charge in [0.25, 0.3) is 5.69 Å². The Morgan fingerprint density at radius 1 is 1.40 bits per heavy atom. The highest BCUT2D eigenvalue weighted by Crippen LogP contribution is 2.31. The third kappa shape index (κ3) is 3.33. The first-order valence-electron chi connectivity index (χ1n) is 6.30. The van der Waals surface area contributed by atoms with E-state index in [4.69, 9.17) is 4.42 Å². The Morgan fingerprint density at radius 2 is 2.20 bits per heavy atom. The van der Waals surface area contributed by atoms with Crippen molar-refractivity contribution in [2.45, 2.75) is 24.5 Å². The molecule has 20 heavy (non-hydrogen) atoms. The maximum atomic E-state index is 10.9. The van der Waals surface area contributed by atoms with E-state index in [9.17, 15) is 10.1 Å². The maximum Gasteiger partial charge on any atom is 0.269 e. The molecule has 1 aromatic heterocycles. The van der Waals surface area contributed by atoms with Crippen LogP contribution in [-0.2, 0) is 5.75 Å². The fourth-order valence-corrected chi connectivity index (χ4v) is 2.81. The number of nitrogens with zero attached hydrogens (tertiary/aromatic N) is 1. The van der Waals surface area contributed by atoms with Crippen LogP contribution in [0.15, 0.2) is 39.8 Å². The van der Waals surface area contributed by atoms with Crippen molar-refractivity contribution in [1.29, 1.82) is 0 Å². The summed E-state index contributed by atoms with van der Waals surface area (Å²) in [6.07, 6.45) is 1.65. The SMILES string of the molecule is CCNc1ccc([N+](=O)[O-])cc1CSc1ccoc1C. The number of nitro groups is 1. The summed E-state index contributed by atoms with van der Waals surface area (Å²) in [6, 6.07) is 6.82. The summed E-state index contributed by atoms with van der Waals surface area (Å²) in [5.74, 6) is 1.52. The first-order chi connectivity index (χ1) is 9.61. The molecule has 6 heteroatoms. The van der Waals surface area contributed by atoms with Gasteiger partial charge >= 0.3 is 0 Å². The van der Waals surface area contributed by atoms with Crippen LogP contribution in [0.1, 0.15) is 18.2 Å². The van der Waals surface area contributed by atoms with Crippen LogP contribution in [0.2, 0.25) is 0 Å². The highest BCUT2D eigenvalue weighted by atomic mass is 32.2. The van der Waals surface area contributed by atoms with Gasteiger partial charge in [0.2, 0.25) is 0 Å². The predicted molar refractivity (Wildman–Crippen MR) is 80.3 cm³/mol. The van der Waals surface area contributed by atoms with E-state index in [0.29, 0.717) is 5.75 Å². The van der Waals surface area contributed by atoms with Crippen molar-refractivity contribution in [3.63, 3.8) is 0 Å². The largest absolute Gasteiger partial charge is 0.468 e. The quantitative estimate of drug-likeness (QED) is 0.490. The predicted octanol–water partition coefficient (Wildman–Crippen LogP) is 4.22. The molecule has 0 saturated heterocycles. The number of anilines is 1. The van der Waals surface area contributed by atoms with Crippen molar-refractivity contribution in [1.82, 2.24) is 0 Å². The van der Waals surface area contributed by atoms with E-state index in [-0.39, 0.29) is 10.6 Å². The van der Waals surface area contributed by atoms with Gasteiger partial charge in [-0.05, 0) is 31.5 Å². The van der Waals surface area contributed by atoms with Gasteiger partial charge < -0.3 is 9.73 Å². The first-order valence-corrected chi connectivity index (χ1v) is 7.28. The molecule has 0 aliphatic rings. The molecule has 0 aliphatic heterocycles. The van der Waals surface area contributed by atoms with Crippen molar-refractivity contribution < 1.29 is 9.34 Å². The summed E-state index contributed by atoms with van der Waals surface area (Å²) in [5.41, 5.74) is 1.98. The molecule has 0 unspecified atom stereocenters. The lowest BCUT2D eigenvalue weighted by Crippen LogP contribution is -2.01. The number of nitrogens with one attached hydrogen (secondary N) is 1. The molecule has 1 heterocycles. The molecule has 1 aromatic carbocycles. The Labute approximate surface area is 121 Å². The number of nitro benzene ring substituents is 1. The van der Waals surface area contributed by atoms with Crippen molar-refractivity contribution in [3.05, 3.63) is 52.0 Å². The lowest BCUT2D eigenvalue weighted by molar-refractivity contribution is -0.384. The zero-order valence-corrected chi connectivity index (χ0v) is 12.2. The molecule has 5 nitrogen and oxygen atoms in total. The van der Waals surface area contributed by atoms with E-state index in [2.05, 4.69) is 5.32 Å². The third-order valence-electron chi connectivity index (χ3n) is 2.86. The van der Waals surface area contributed by atoms with E-state index in [1.807, 2.05) is 19.9 Å². The summed E-state index contributed by atoms with van der Waals surface area (Å²) in [6.45, 7) is 4.68. The first kappa shape index (κ1) is 14.5. The van der Waals surface area contributed by atoms with Crippen LogP contribution in [0, 0.1) is 17.0 Å². The Hall–Kier alpha value is -1.95. The molecule has 106 valence electrons. The van der Waals surface area contributed by atoms with Gasteiger partial charge in [0.05, 0.1) is 11.2 Å². The van der Waals surface area contributed by atoms with Gasteiger partial charge in [-0.15, -0.1) is 11.8 Å². The molecule has 2 rings (SSSR count). The molecular formula is C14H16N2O3S. The molecule has 2 aromatic rings. The monoisotopic (exact) mass is 292 g/mol. The molecule has 0 amide bonds. The van der Waals surface area contributed by atoms with Crippen LogP contribution >= 0.6 is 11.8 Å². The molecule has 0 spiro atoms. The van der Waals surface area contributed by atoms with E-state index in [1.165, 1.54) is 6.07 Å². The van der Waals surface area contributed by atoms with Gasteiger partial charge in [0, 0.05) is 35.0 Å². The molecule has 0 bridgehead atoms. The van der Waals surface area contributed by atoms with Gasteiger partial charge in [-0.2, -0.15) is 0 Å². The number of furan rings is 1. The Morgan fingerprint density at radius 3 is 2.80 bits per heavy atom. The second-order valence-corrected chi connectivity index (χ2v) is 5.28. The standard InChI is InChI=1S/C14H16N2O3S/c1-3-15-13-5-4-12(16(17)18)8-11(13)9-20-14-6-7-19-10(14)2/h4-8,15H,3,9H2,1-2H3. The Kier molecular flexibility index (Phi) is 4.68. The van der Waals surface area contributed by atoms with Crippen LogP contribution in [0.5, 0.6) is 0 Å². The highest BCUT2D eigenvalue weighted by molar-refractivity contribution is 7.98. The molecule has 0 fully saturated rings. The highest BCUT2D eigenvalue weighted by Gasteiger charge is 2.12. The average molecular weight is 292 g/mol. The minimum absolute atomic E-state index is 0.117. The lowest BCUT2D eigenvalue weighted by Gasteiger charge is -2.10. The number of hydrogen-bond donors (Lipinski definition) is 1. The number of thioether (sulfide) groups is 1. The van der Waals surface area contributed by atoms with E-state index in [1.54, 1.807) is 30.2 Å². The number of non-ortho nitro benzene ring substituents is 1. The number of hydrogen-bond acceptors (Lipinski definition) is 5.